The smallest absolute Gasteiger partial charge is 0.254 e. The van der Waals surface area contributed by atoms with E-state index in [4.69, 9.17) is 9.47 Å². The first-order valence-corrected chi connectivity index (χ1v) is 10.0. The SMILES string of the molecule is COc1c2ccc(C(=O)N3CCC(Oc4cc(C)n(C)c(=O)c4)CC3)cc2nn1C. The van der Waals surface area contributed by atoms with E-state index in [1.807, 2.05) is 43.1 Å². The Morgan fingerprint density at radius 3 is 2.53 bits per heavy atom. The molecular weight excluding hydrogens is 384 g/mol. The van der Waals surface area contributed by atoms with E-state index in [1.54, 1.807) is 23.4 Å². The van der Waals surface area contributed by atoms with Crippen LogP contribution >= 0.6 is 0 Å². The molecule has 30 heavy (non-hydrogen) atoms. The summed E-state index contributed by atoms with van der Waals surface area (Å²) in [4.78, 5) is 26.8. The minimum Gasteiger partial charge on any atom is -0.490 e. The van der Waals surface area contributed by atoms with E-state index in [0.717, 1.165) is 29.4 Å². The van der Waals surface area contributed by atoms with Crippen molar-refractivity contribution in [1.29, 1.82) is 0 Å². The van der Waals surface area contributed by atoms with Crippen molar-refractivity contribution in [2.24, 2.45) is 14.1 Å². The number of pyridine rings is 1. The van der Waals surface area contributed by atoms with Crippen molar-refractivity contribution in [3.8, 4) is 11.6 Å². The minimum atomic E-state index is -0.0841. The molecule has 0 N–H and O–H groups in total. The van der Waals surface area contributed by atoms with Crippen LogP contribution in [-0.4, -0.2) is 51.5 Å². The highest BCUT2D eigenvalue weighted by atomic mass is 16.5. The number of aromatic nitrogens is 3. The van der Waals surface area contributed by atoms with Crippen LogP contribution in [0.2, 0.25) is 0 Å². The van der Waals surface area contributed by atoms with E-state index < -0.39 is 0 Å². The second-order valence-corrected chi connectivity index (χ2v) is 7.70. The van der Waals surface area contributed by atoms with Gasteiger partial charge in [-0.2, -0.15) is 5.10 Å². The number of hydrogen-bond acceptors (Lipinski definition) is 5. The Morgan fingerprint density at radius 1 is 1.13 bits per heavy atom. The Kier molecular flexibility index (Phi) is 5.24. The fourth-order valence-electron chi connectivity index (χ4n) is 3.91. The molecule has 1 saturated heterocycles. The van der Waals surface area contributed by atoms with Gasteiger partial charge in [0.25, 0.3) is 11.5 Å². The minimum absolute atomic E-state index is 0.00982. The predicted octanol–water partition coefficient (Wildman–Crippen LogP) is 2.27. The molecule has 158 valence electrons. The van der Waals surface area contributed by atoms with Gasteiger partial charge < -0.3 is 18.9 Å². The zero-order valence-electron chi connectivity index (χ0n) is 17.7. The highest BCUT2D eigenvalue weighted by molar-refractivity contribution is 5.98. The number of methoxy groups -OCH3 is 1. The number of likely N-dealkylation sites (tertiary alicyclic amines) is 1. The summed E-state index contributed by atoms with van der Waals surface area (Å²) in [6.45, 7) is 3.09. The first-order valence-electron chi connectivity index (χ1n) is 10.0. The summed E-state index contributed by atoms with van der Waals surface area (Å²) < 4.78 is 14.6. The lowest BCUT2D eigenvalue weighted by Crippen LogP contribution is -2.41. The number of ether oxygens (including phenoxy) is 2. The molecular formula is C22H26N4O4. The van der Waals surface area contributed by atoms with Crippen molar-refractivity contribution in [3.05, 3.63) is 51.9 Å². The summed E-state index contributed by atoms with van der Waals surface area (Å²) in [5.74, 6) is 1.26. The molecule has 3 heterocycles. The molecule has 0 bridgehead atoms. The molecule has 8 nitrogen and oxygen atoms in total. The standard InChI is InChI=1S/C22H26N4O4/c1-14-11-17(13-20(27)24(14)2)30-16-7-9-26(10-8-16)21(28)15-5-6-18-19(12-15)23-25(3)22(18)29-4/h5-6,11-13,16H,7-10H2,1-4H3. The third-order valence-corrected chi connectivity index (χ3v) is 5.73. The van der Waals surface area contributed by atoms with E-state index in [-0.39, 0.29) is 17.6 Å². The summed E-state index contributed by atoms with van der Waals surface area (Å²) in [6, 6.07) is 8.89. The number of rotatable bonds is 4. The Balaban J connectivity index is 1.42. The summed E-state index contributed by atoms with van der Waals surface area (Å²) in [5, 5.41) is 5.31. The van der Waals surface area contributed by atoms with Gasteiger partial charge in [0.05, 0.1) is 18.0 Å². The molecule has 0 spiro atoms. The summed E-state index contributed by atoms with van der Waals surface area (Å²) in [5.41, 5.74) is 2.12. The van der Waals surface area contributed by atoms with Crippen LogP contribution in [0.5, 0.6) is 11.6 Å². The van der Waals surface area contributed by atoms with E-state index in [1.165, 1.54) is 6.07 Å². The number of aryl methyl sites for hydroxylation is 2. The maximum atomic E-state index is 13.0. The molecule has 0 aliphatic carbocycles. The molecule has 2 aromatic heterocycles. The first kappa shape index (κ1) is 20.0. The largest absolute Gasteiger partial charge is 0.490 e. The molecule has 1 aromatic carbocycles. The molecule has 8 heteroatoms. The molecule has 0 atom stereocenters. The number of carbonyl (C=O) groups excluding carboxylic acids is 1. The van der Waals surface area contributed by atoms with Gasteiger partial charge in [-0.3, -0.25) is 9.59 Å². The maximum absolute atomic E-state index is 13.0. The number of carbonyl (C=O) groups is 1. The van der Waals surface area contributed by atoms with Gasteiger partial charge in [0.2, 0.25) is 5.88 Å². The Bertz CT molecular complexity index is 1160. The van der Waals surface area contributed by atoms with Gasteiger partial charge in [0.1, 0.15) is 11.9 Å². The van der Waals surface area contributed by atoms with E-state index in [0.29, 0.717) is 30.3 Å². The second-order valence-electron chi connectivity index (χ2n) is 7.70. The van der Waals surface area contributed by atoms with Gasteiger partial charge in [-0.05, 0) is 31.2 Å². The Labute approximate surface area is 174 Å². The molecule has 1 aliphatic heterocycles. The van der Waals surface area contributed by atoms with Gasteiger partial charge in [-0.25, -0.2) is 4.68 Å². The highest BCUT2D eigenvalue weighted by Gasteiger charge is 2.25. The number of nitrogens with zero attached hydrogens (tertiary/aromatic N) is 4. The van der Waals surface area contributed by atoms with Crippen LogP contribution in [0.15, 0.2) is 35.1 Å². The Hall–Kier alpha value is -3.29. The average molecular weight is 410 g/mol. The lowest BCUT2D eigenvalue weighted by atomic mass is 10.1. The first-order chi connectivity index (χ1) is 14.4. The van der Waals surface area contributed by atoms with E-state index in [9.17, 15) is 9.59 Å². The van der Waals surface area contributed by atoms with Gasteiger partial charge in [-0.15, -0.1) is 0 Å². The van der Waals surface area contributed by atoms with Gasteiger partial charge in [0, 0.05) is 57.4 Å². The fourth-order valence-corrected chi connectivity index (χ4v) is 3.91. The summed E-state index contributed by atoms with van der Waals surface area (Å²) >= 11 is 0. The van der Waals surface area contributed by atoms with Crippen LogP contribution in [0.4, 0.5) is 0 Å². The lowest BCUT2D eigenvalue weighted by Gasteiger charge is -2.32. The van der Waals surface area contributed by atoms with E-state index >= 15 is 0 Å². The molecule has 0 radical (unpaired) electrons. The monoisotopic (exact) mass is 410 g/mol. The van der Waals surface area contributed by atoms with Crippen molar-refractivity contribution >= 4 is 16.8 Å². The fraction of sp³-hybridized carbons (Fsp3) is 0.409. The third-order valence-electron chi connectivity index (χ3n) is 5.73. The average Bonchev–Trinajstić information content (AvgIpc) is 3.06. The molecule has 4 rings (SSSR count). The van der Waals surface area contributed by atoms with Gasteiger partial charge in [-0.1, -0.05) is 0 Å². The molecule has 0 unspecified atom stereocenters. The molecule has 1 fully saturated rings. The van der Waals surface area contributed by atoms with Crippen molar-refractivity contribution in [2.45, 2.75) is 25.9 Å². The predicted molar refractivity (Wildman–Crippen MR) is 113 cm³/mol. The van der Waals surface area contributed by atoms with Crippen LogP contribution in [0.1, 0.15) is 28.9 Å². The van der Waals surface area contributed by atoms with Crippen LogP contribution in [-0.2, 0) is 14.1 Å². The maximum Gasteiger partial charge on any atom is 0.254 e. The van der Waals surface area contributed by atoms with Crippen LogP contribution in [0.3, 0.4) is 0 Å². The number of benzene rings is 1. The van der Waals surface area contributed by atoms with E-state index in [2.05, 4.69) is 5.10 Å². The van der Waals surface area contributed by atoms with Crippen molar-refractivity contribution in [1.82, 2.24) is 19.2 Å². The zero-order valence-corrected chi connectivity index (χ0v) is 17.7. The van der Waals surface area contributed by atoms with Gasteiger partial charge >= 0.3 is 0 Å². The van der Waals surface area contributed by atoms with Crippen LogP contribution in [0, 0.1) is 6.92 Å². The summed E-state index contributed by atoms with van der Waals surface area (Å²) in [7, 11) is 5.16. The summed E-state index contributed by atoms with van der Waals surface area (Å²) in [6.07, 6.45) is 1.43. The Morgan fingerprint density at radius 2 is 1.87 bits per heavy atom. The lowest BCUT2D eigenvalue weighted by molar-refractivity contribution is 0.0595. The third kappa shape index (κ3) is 3.65. The van der Waals surface area contributed by atoms with Crippen molar-refractivity contribution in [2.75, 3.05) is 20.2 Å². The van der Waals surface area contributed by atoms with Crippen molar-refractivity contribution < 1.29 is 14.3 Å². The van der Waals surface area contributed by atoms with Crippen molar-refractivity contribution in [3.63, 3.8) is 0 Å². The number of hydrogen-bond donors (Lipinski definition) is 0. The molecule has 0 saturated carbocycles. The second kappa shape index (κ2) is 7.85. The molecule has 3 aromatic rings. The van der Waals surface area contributed by atoms with Crippen LogP contribution in [0.25, 0.3) is 10.9 Å². The topological polar surface area (TPSA) is 78.6 Å². The van der Waals surface area contributed by atoms with Gasteiger partial charge in [0.15, 0.2) is 0 Å². The number of fused-ring (bicyclic) bond motifs is 1. The highest BCUT2D eigenvalue weighted by Crippen LogP contribution is 2.26. The number of piperidine rings is 1. The number of amides is 1. The normalized spacial score (nSPS) is 14.9. The molecule has 1 aliphatic rings. The van der Waals surface area contributed by atoms with Crippen LogP contribution < -0.4 is 15.0 Å². The zero-order chi connectivity index (χ0) is 21.4. The molecule has 1 amide bonds. The quantitative estimate of drug-likeness (QED) is 0.659.